The normalized spacial score (nSPS) is 12.8. The van der Waals surface area contributed by atoms with Crippen molar-refractivity contribution >= 4 is 11.9 Å². The molecule has 0 saturated carbocycles. The Hall–Kier alpha value is -1.66. The molecular weight excluding hydrogens is 791 g/mol. The summed E-state index contributed by atoms with van der Waals surface area (Å²) < 4.78 is 5.49. The van der Waals surface area contributed by atoms with Crippen molar-refractivity contribution in [2.75, 3.05) is 13.2 Å². The van der Waals surface area contributed by atoms with Crippen LogP contribution in [-0.2, 0) is 14.3 Å². The number of unbranched alkanes of at least 4 members (excludes halogenated alkanes) is 40. The number of esters is 1. The maximum Gasteiger partial charge on any atom is 0.305 e. The van der Waals surface area contributed by atoms with E-state index in [9.17, 15) is 19.8 Å². The second-order valence-corrected chi connectivity index (χ2v) is 19.6. The second kappa shape index (κ2) is 54.0. The molecule has 3 N–H and O–H groups in total. The van der Waals surface area contributed by atoms with E-state index >= 15 is 0 Å². The molecule has 0 aromatic rings. The number of nitrogens with one attached hydrogen (secondary N) is 1. The quantitative estimate of drug-likeness (QED) is 0.0321. The summed E-state index contributed by atoms with van der Waals surface area (Å²) in [5.74, 6) is -0.0647. The Labute approximate surface area is 399 Å². The minimum Gasteiger partial charge on any atom is -0.466 e. The monoisotopic (exact) mass is 902 g/mol. The van der Waals surface area contributed by atoms with Gasteiger partial charge in [-0.05, 0) is 57.8 Å². The Morgan fingerprint density at radius 2 is 0.734 bits per heavy atom. The van der Waals surface area contributed by atoms with Crippen LogP contribution in [0.5, 0.6) is 0 Å². The van der Waals surface area contributed by atoms with Gasteiger partial charge in [-0.2, -0.15) is 0 Å². The molecule has 0 rings (SSSR count). The van der Waals surface area contributed by atoms with Crippen LogP contribution in [0.1, 0.15) is 309 Å². The zero-order valence-electron chi connectivity index (χ0n) is 43.0. The van der Waals surface area contributed by atoms with Gasteiger partial charge in [0.2, 0.25) is 5.91 Å². The Morgan fingerprint density at radius 1 is 0.422 bits per heavy atom. The van der Waals surface area contributed by atoms with Crippen LogP contribution in [-0.4, -0.2) is 47.4 Å². The van der Waals surface area contributed by atoms with Gasteiger partial charge in [0.05, 0.1) is 25.4 Å². The molecule has 0 heterocycles. The van der Waals surface area contributed by atoms with Crippen molar-refractivity contribution in [1.29, 1.82) is 0 Å². The first-order valence-electron chi connectivity index (χ1n) is 28.6. The molecule has 0 fully saturated rings. The molecule has 0 aliphatic carbocycles. The van der Waals surface area contributed by atoms with Gasteiger partial charge >= 0.3 is 5.97 Å². The molecule has 6 nitrogen and oxygen atoms in total. The molecule has 2 atom stereocenters. The van der Waals surface area contributed by atoms with Gasteiger partial charge < -0.3 is 20.3 Å². The molecule has 0 aliphatic rings. The van der Waals surface area contributed by atoms with Crippen LogP contribution in [0.3, 0.4) is 0 Å². The number of amides is 1. The van der Waals surface area contributed by atoms with Crippen molar-refractivity contribution in [1.82, 2.24) is 5.32 Å². The highest BCUT2D eigenvalue weighted by Crippen LogP contribution is 2.17. The number of aliphatic hydroxyl groups excluding tert-OH is 2. The van der Waals surface area contributed by atoms with Crippen molar-refractivity contribution in [3.8, 4) is 0 Å². The number of aliphatic hydroxyl groups is 2. The summed E-state index contributed by atoms with van der Waals surface area (Å²) in [6.07, 6.45) is 65.0. The maximum atomic E-state index is 12.4. The van der Waals surface area contributed by atoms with Gasteiger partial charge in [-0.1, -0.05) is 263 Å². The summed E-state index contributed by atoms with van der Waals surface area (Å²) in [6.45, 7) is 4.88. The van der Waals surface area contributed by atoms with Crippen LogP contribution in [0, 0.1) is 0 Å². The van der Waals surface area contributed by atoms with Crippen LogP contribution < -0.4 is 5.32 Å². The Bertz CT molecular complexity index is 997. The predicted octanol–water partition coefficient (Wildman–Crippen LogP) is 17.5. The van der Waals surface area contributed by atoms with Crippen LogP contribution in [0.25, 0.3) is 0 Å². The molecule has 0 saturated heterocycles. The van der Waals surface area contributed by atoms with Gasteiger partial charge in [-0.3, -0.25) is 9.59 Å². The number of hydrogen-bond acceptors (Lipinski definition) is 5. The number of carbonyl (C=O) groups is 2. The van der Waals surface area contributed by atoms with E-state index in [0.29, 0.717) is 19.4 Å². The van der Waals surface area contributed by atoms with E-state index in [1.807, 2.05) is 6.08 Å². The van der Waals surface area contributed by atoms with Gasteiger partial charge in [-0.25, -0.2) is 0 Å². The summed E-state index contributed by atoms with van der Waals surface area (Å²) in [5.41, 5.74) is 0. The summed E-state index contributed by atoms with van der Waals surface area (Å²) in [6, 6.07) is -0.630. The molecule has 0 aromatic carbocycles. The van der Waals surface area contributed by atoms with Crippen LogP contribution in [0.2, 0.25) is 0 Å². The van der Waals surface area contributed by atoms with Crippen LogP contribution >= 0.6 is 0 Å². The zero-order valence-corrected chi connectivity index (χ0v) is 43.0. The highest BCUT2D eigenvalue weighted by atomic mass is 16.5. The smallest absolute Gasteiger partial charge is 0.305 e. The highest BCUT2D eigenvalue weighted by molar-refractivity contribution is 5.76. The van der Waals surface area contributed by atoms with Gasteiger partial charge in [0.15, 0.2) is 0 Å². The van der Waals surface area contributed by atoms with E-state index in [1.54, 1.807) is 6.08 Å². The molecule has 0 radical (unpaired) electrons. The topological polar surface area (TPSA) is 95.9 Å². The fourth-order valence-electron chi connectivity index (χ4n) is 8.81. The van der Waals surface area contributed by atoms with E-state index in [-0.39, 0.29) is 18.5 Å². The largest absolute Gasteiger partial charge is 0.466 e. The SMILES string of the molecule is CCCCCCCCC/C=C/C(O)C(CO)NC(=O)CCCCCCCCC/C=C\CCCCCCCCCCCCCOC(=O)CCCCCCCCCCCCCCCCCC. The van der Waals surface area contributed by atoms with E-state index in [2.05, 4.69) is 31.3 Å². The third-order valence-electron chi connectivity index (χ3n) is 13.2. The predicted molar refractivity (Wildman–Crippen MR) is 278 cm³/mol. The minimum absolute atomic E-state index is 0.0126. The molecule has 0 spiro atoms. The molecule has 0 aliphatic heterocycles. The van der Waals surface area contributed by atoms with Crippen molar-refractivity contribution in [3.05, 3.63) is 24.3 Å². The Kier molecular flexibility index (Phi) is 52.6. The lowest BCUT2D eigenvalue weighted by molar-refractivity contribution is -0.143. The van der Waals surface area contributed by atoms with Gasteiger partial charge in [0, 0.05) is 12.8 Å². The van der Waals surface area contributed by atoms with Crippen molar-refractivity contribution < 1.29 is 24.5 Å². The maximum absolute atomic E-state index is 12.4. The lowest BCUT2D eigenvalue weighted by Crippen LogP contribution is -2.45. The van der Waals surface area contributed by atoms with Gasteiger partial charge in [-0.15, -0.1) is 0 Å². The average molecular weight is 903 g/mol. The Balaban J connectivity index is 3.38. The molecule has 378 valence electrons. The lowest BCUT2D eigenvalue weighted by atomic mass is 10.0. The van der Waals surface area contributed by atoms with E-state index < -0.39 is 12.1 Å². The molecule has 1 amide bonds. The first kappa shape index (κ1) is 62.3. The van der Waals surface area contributed by atoms with Crippen molar-refractivity contribution in [3.63, 3.8) is 0 Å². The molecule has 0 bridgehead atoms. The number of allylic oxidation sites excluding steroid dienone is 3. The zero-order chi connectivity index (χ0) is 46.5. The number of rotatable bonds is 53. The number of carbonyl (C=O) groups excluding carboxylic acids is 2. The van der Waals surface area contributed by atoms with E-state index in [0.717, 1.165) is 44.9 Å². The fourth-order valence-corrected chi connectivity index (χ4v) is 8.81. The Morgan fingerprint density at radius 3 is 1.11 bits per heavy atom. The standard InChI is InChI=1S/C58H111NO5/c1-3-5-7-9-11-13-14-15-16-26-29-32-36-40-44-48-52-58(63)64-53-49-45-41-37-33-30-27-24-22-20-18-17-19-21-23-25-28-31-35-39-43-47-51-57(62)59-55(54-60)56(61)50-46-42-38-34-12-10-8-6-4-2/h19,21,46,50,55-56,60-61H,3-18,20,22-45,47-49,51-54H2,1-2H3,(H,59,62)/b21-19-,50-46+. The second-order valence-electron chi connectivity index (χ2n) is 19.6. The molecule has 0 aromatic heterocycles. The molecule has 6 heteroatoms. The third kappa shape index (κ3) is 49.8. The van der Waals surface area contributed by atoms with Gasteiger partial charge in [0.1, 0.15) is 0 Å². The summed E-state index contributed by atoms with van der Waals surface area (Å²) in [4.78, 5) is 24.4. The van der Waals surface area contributed by atoms with E-state index in [1.165, 1.54) is 238 Å². The minimum atomic E-state index is -0.846. The van der Waals surface area contributed by atoms with Crippen molar-refractivity contribution in [2.24, 2.45) is 0 Å². The first-order valence-corrected chi connectivity index (χ1v) is 28.6. The number of ether oxygens (including phenoxy) is 1. The lowest BCUT2D eigenvalue weighted by Gasteiger charge is -2.20. The molecule has 64 heavy (non-hydrogen) atoms. The van der Waals surface area contributed by atoms with Gasteiger partial charge in [0.25, 0.3) is 0 Å². The number of hydrogen-bond donors (Lipinski definition) is 3. The molecule has 2 unspecified atom stereocenters. The summed E-state index contributed by atoms with van der Waals surface area (Å²) in [5, 5.41) is 22.9. The van der Waals surface area contributed by atoms with Crippen LogP contribution in [0.4, 0.5) is 0 Å². The first-order chi connectivity index (χ1) is 31.5. The fraction of sp³-hybridized carbons (Fsp3) is 0.897. The average Bonchev–Trinajstić information content (AvgIpc) is 3.29. The van der Waals surface area contributed by atoms with Crippen LogP contribution in [0.15, 0.2) is 24.3 Å². The van der Waals surface area contributed by atoms with Crippen molar-refractivity contribution in [2.45, 2.75) is 321 Å². The van der Waals surface area contributed by atoms with E-state index in [4.69, 9.17) is 4.74 Å². The third-order valence-corrected chi connectivity index (χ3v) is 13.2. The summed E-state index contributed by atoms with van der Waals surface area (Å²) >= 11 is 0. The highest BCUT2D eigenvalue weighted by Gasteiger charge is 2.18. The summed E-state index contributed by atoms with van der Waals surface area (Å²) in [7, 11) is 0. The molecular formula is C58H111NO5.